The summed E-state index contributed by atoms with van der Waals surface area (Å²) in [5, 5.41) is 2.90. The minimum Gasteiger partial charge on any atom is -0.392 e. The van der Waals surface area contributed by atoms with Crippen molar-refractivity contribution in [2.75, 3.05) is 0 Å². The summed E-state index contributed by atoms with van der Waals surface area (Å²) in [6, 6.07) is 7.37. The van der Waals surface area contributed by atoms with Crippen LogP contribution in [0.15, 0.2) is 24.3 Å². The zero-order chi connectivity index (χ0) is 13.5. The maximum Gasteiger partial charge on any atom is 0.252 e. The number of benzene rings is 1. The highest BCUT2D eigenvalue weighted by Gasteiger charge is 2.16. The van der Waals surface area contributed by atoms with Gasteiger partial charge in [0.2, 0.25) is 0 Å². The van der Waals surface area contributed by atoms with Crippen molar-refractivity contribution < 1.29 is 4.79 Å². The van der Waals surface area contributed by atoms with Crippen molar-refractivity contribution in [1.82, 2.24) is 5.32 Å². The van der Waals surface area contributed by atoms with Crippen molar-refractivity contribution in [2.45, 2.75) is 39.2 Å². The Morgan fingerprint density at radius 3 is 2.61 bits per heavy atom. The number of carbonyl (C=O) groups is 1. The quantitative estimate of drug-likeness (QED) is 0.776. The van der Waals surface area contributed by atoms with E-state index in [0.29, 0.717) is 10.6 Å². The number of aryl methyl sites for hydroxylation is 1. The van der Waals surface area contributed by atoms with Gasteiger partial charge >= 0.3 is 0 Å². The summed E-state index contributed by atoms with van der Waals surface area (Å²) < 4.78 is 0. The van der Waals surface area contributed by atoms with Crippen LogP contribution < -0.4 is 11.1 Å². The van der Waals surface area contributed by atoms with E-state index in [0.717, 1.165) is 24.8 Å². The second kappa shape index (κ2) is 7.11. The van der Waals surface area contributed by atoms with E-state index in [1.54, 1.807) is 0 Å². The maximum atomic E-state index is 12.2. The Kier molecular flexibility index (Phi) is 5.78. The summed E-state index contributed by atoms with van der Waals surface area (Å²) in [5.74, 6) is -0.0984. The number of hydrogen-bond donors (Lipinski definition) is 2. The van der Waals surface area contributed by atoms with E-state index in [9.17, 15) is 4.79 Å². The van der Waals surface area contributed by atoms with Crippen LogP contribution >= 0.6 is 12.2 Å². The van der Waals surface area contributed by atoms with Gasteiger partial charge in [-0.15, -0.1) is 0 Å². The monoisotopic (exact) mass is 264 g/mol. The van der Waals surface area contributed by atoms with Crippen molar-refractivity contribution in [1.29, 1.82) is 0 Å². The molecule has 1 atom stereocenters. The van der Waals surface area contributed by atoms with E-state index in [-0.39, 0.29) is 11.9 Å². The molecule has 0 aliphatic rings. The number of amides is 1. The molecular weight excluding hydrogens is 244 g/mol. The van der Waals surface area contributed by atoms with Gasteiger partial charge in [0.05, 0.1) is 11.0 Å². The third kappa shape index (κ3) is 3.81. The normalized spacial score (nSPS) is 11.9. The molecule has 0 radical (unpaired) electrons. The van der Waals surface area contributed by atoms with Crippen LogP contribution in [0.3, 0.4) is 0 Å². The van der Waals surface area contributed by atoms with Gasteiger partial charge in [-0.05, 0) is 24.5 Å². The van der Waals surface area contributed by atoms with Gasteiger partial charge in [0.1, 0.15) is 0 Å². The first-order chi connectivity index (χ1) is 8.60. The molecule has 1 aromatic carbocycles. The fourth-order valence-corrected chi connectivity index (χ4v) is 2.04. The van der Waals surface area contributed by atoms with E-state index < -0.39 is 0 Å². The molecule has 1 amide bonds. The number of nitrogens with one attached hydrogen (secondary N) is 1. The standard InChI is InChI=1S/C14H20N2OS/c1-3-7-12(13(15)18)16-14(17)11-9-6-5-8-10(11)4-2/h5-6,8-9,12H,3-4,7H2,1-2H3,(H2,15,18)(H,16,17). The highest BCUT2D eigenvalue weighted by atomic mass is 32.1. The molecule has 3 nitrogen and oxygen atoms in total. The molecule has 0 aliphatic heterocycles. The van der Waals surface area contributed by atoms with Gasteiger partial charge < -0.3 is 11.1 Å². The van der Waals surface area contributed by atoms with Crippen LogP contribution in [0.25, 0.3) is 0 Å². The lowest BCUT2D eigenvalue weighted by atomic mass is 10.0. The Morgan fingerprint density at radius 1 is 1.39 bits per heavy atom. The Morgan fingerprint density at radius 2 is 2.06 bits per heavy atom. The first-order valence-electron chi connectivity index (χ1n) is 6.28. The molecule has 1 unspecified atom stereocenters. The lowest BCUT2D eigenvalue weighted by Crippen LogP contribution is -2.43. The average molecular weight is 264 g/mol. The number of carbonyl (C=O) groups excluding carboxylic acids is 1. The van der Waals surface area contributed by atoms with Crippen LogP contribution in [0, 0.1) is 0 Å². The molecule has 18 heavy (non-hydrogen) atoms. The highest BCUT2D eigenvalue weighted by Crippen LogP contribution is 2.10. The van der Waals surface area contributed by atoms with E-state index in [2.05, 4.69) is 5.32 Å². The largest absolute Gasteiger partial charge is 0.392 e. The molecule has 98 valence electrons. The molecular formula is C14H20N2OS. The van der Waals surface area contributed by atoms with Crippen LogP contribution in [-0.4, -0.2) is 16.9 Å². The second-order valence-corrected chi connectivity index (χ2v) is 4.70. The van der Waals surface area contributed by atoms with Gasteiger partial charge in [0.15, 0.2) is 0 Å². The summed E-state index contributed by atoms with van der Waals surface area (Å²) in [7, 11) is 0. The molecule has 0 bridgehead atoms. The van der Waals surface area contributed by atoms with Crippen LogP contribution in [0.2, 0.25) is 0 Å². The van der Waals surface area contributed by atoms with E-state index in [4.69, 9.17) is 18.0 Å². The summed E-state index contributed by atoms with van der Waals surface area (Å²) in [4.78, 5) is 12.5. The number of rotatable bonds is 6. The summed E-state index contributed by atoms with van der Waals surface area (Å²) >= 11 is 4.98. The Hall–Kier alpha value is -1.42. The smallest absolute Gasteiger partial charge is 0.252 e. The van der Waals surface area contributed by atoms with Gasteiger partial charge in [-0.25, -0.2) is 0 Å². The third-order valence-electron chi connectivity index (χ3n) is 2.87. The third-order valence-corrected chi connectivity index (χ3v) is 3.15. The van der Waals surface area contributed by atoms with Crippen LogP contribution in [0.5, 0.6) is 0 Å². The summed E-state index contributed by atoms with van der Waals surface area (Å²) in [5.41, 5.74) is 7.38. The van der Waals surface area contributed by atoms with Crippen molar-refractivity contribution >= 4 is 23.1 Å². The summed E-state index contributed by atoms with van der Waals surface area (Å²) in [6.45, 7) is 4.07. The maximum absolute atomic E-state index is 12.2. The van der Waals surface area contributed by atoms with Crippen LogP contribution in [-0.2, 0) is 6.42 Å². The molecule has 1 aromatic rings. The zero-order valence-electron chi connectivity index (χ0n) is 10.9. The lowest BCUT2D eigenvalue weighted by molar-refractivity contribution is 0.0945. The van der Waals surface area contributed by atoms with E-state index >= 15 is 0 Å². The summed E-state index contributed by atoms with van der Waals surface area (Å²) in [6.07, 6.45) is 2.53. The fraction of sp³-hybridized carbons (Fsp3) is 0.429. The van der Waals surface area contributed by atoms with Crippen molar-refractivity contribution in [2.24, 2.45) is 5.73 Å². The Labute approximate surface area is 114 Å². The van der Waals surface area contributed by atoms with E-state index in [1.165, 1.54) is 0 Å². The van der Waals surface area contributed by atoms with Gasteiger partial charge in [-0.2, -0.15) is 0 Å². The molecule has 4 heteroatoms. The second-order valence-electron chi connectivity index (χ2n) is 4.23. The highest BCUT2D eigenvalue weighted by molar-refractivity contribution is 7.80. The van der Waals surface area contributed by atoms with Crippen molar-refractivity contribution in [3.05, 3.63) is 35.4 Å². The molecule has 1 rings (SSSR count). The SMILES string of the molecule is CCCC(NC(=O)c1ccccc1CC)C(N)=S. The van der Waals surface area contributed by atoms with Crippen molar-refractivity contribution in [3.63, 3.8) is 0 Å². The average Bonchev–Trinajstić information content (AvgIpc) is 2.37. The molecule has 0 saturated heterocycles. The minimum absolute atomic E-state index is 0.0984. The van der Waals surface area contributed by atoms with E-state index in [1.807, 2.05) is 38.1 Å². The molecule has 0 aromatic heterocycles. The molecule has 0 fully saturated rings. The topological polar surface area (TPSA) is 55.1 Å². The van der Waals surface area contributed by atoms with Crippen LogP contribution in [0.1, 0.15) is 42.6 Å². The Balaban J connectivity index is 2.83. The predicted octanol–water partition coefficient (Wildman–Crippen LogP) is 2.43. The molecule has 0 heterocycles. The first kappa shape index (κ1) is 14.6. The lowest BCUT2D eigenvalue weighted by Gasteiger charge is -2.17. The molecule has 0 aliphatic carbocycles. The number of hydrogen-bond acceptors (Lipinski definition) is 2. The molecule has 0 spiro atoms. The van der Waals surface area contributed by atoms with Crippen LogP contribution in [0.4, 0.5) is 0 Å². The molecule has 3 N–H and O–H groups in total. The predicted molar refractivity (Wildman–Crippen MR) is 78.8 cm³/mol. The number of thiocarbonyl (C=S) groups is 1. The Bertz CT molecular complexity index is 432. The van der Waals surface area contributed by atoms with Gasteiger partial charge in [-0.1, -0.05) is 50.7 Å². The zero-order valence-corrected chi connectivity index (χ0v) is 11.7. The van der Waals surface area contributed by atoms with Gasteiger partial charge in [0.25, 0.3) is 5.91 Å². The fourth-order valence-electron chi connectivity index (χ4n) is 1.86. The van der Waals surface area contributed by atoms with Crippen molar-refractivity contribution in [3.8, 4) is 0 Å². The number of nitrogens with two attached hydrogens (primary N) is 1. The van der Waals surface area contributed by atoms with Gasteiger partial charge in [-0.3, -0.25) is 4.79 Å². The van der Waals surface area contributed by atoms with Gasteiger partial charge in [0, 0.05) is 5.56 Å². The first-order valence-corrected chi connectivity index (χ1v) is 6.69. The molecule has 0 saturated carbocycles. The minimum atomic E-state index is -0.220.